The Kier molecular flexibility index (Phi) is 9.26. The van der Waals surface area contributed by atoms with Crippen LogP contribution < -0.4 is 20.1 Å². The van der Waals surface area contributed by atoms with Crippen molar-refractivity contribution >= 4 is 29.9 Å². The fourth-order valence-electron chi connectivity index (χ4n) is 3.75. The Balaban J connectivity index is 0.00000320. The molecule has 1 saturated carbocycles. The van der Waals surface area contributed by atoms with Crippen LogP contribution in [0.3, 0.4) is 0 Å². The lowest BCUT2D eigenvalue weighted by atomic mass is 10.1. The number of halogens is 1. The second-order valence-electron chi connectivity index (χ2n) is 7.55. The molecule has 2 N–H and O–H groups in total. The highest BCUT2D eigenvalue weighted by atomic mass is 127. The number of nitrogens with one attached hydrogen (secondary N) is 2. The van der Waals surface area contributed by atoms with Crippen molar-refractivity contribution in [3.05, 3.63) is 40.7 Å². The third kappa shape index (κ3) is 6.02. The normalized spacial score (nSPS) is 14.4. The molecule has 0 atom stereocenters. The molecule has 0 spiro atoms. The number of methoxy groups -OCH3 is 1. The van der Waals surface area contributed by atoms with Crippen LogP contribution in [0.4, 0.5) is 0 Å². The average molecular weight is 527 g/mol. The first-order valence-corrected chi connectivity index (χ1v) is 10.3. The number of ether oxygens (including phenoxy) is 2. The van der Waals surface area contributed by atoms with E-state index in [0.717, 1.165) is 47.3 Å². The van der Waals surface area contributed by atoms with E-state index in [-0.39, 0.29) is 24.0 Å². The van der Waals surface area contributed by atoms with Crippen molar-refractivity contribution < 1.29 is 9.47 Å². The summed E-state index contributed by atoms with van der Waals surface area (Å²) in [6, 6.07) is 6.00. The zero-order valence-electron chi connectivity index (χ0n) is 18.6. The van der Waals surface area contributed by atoms with Crippen LogP contribution >= 0.6 is 24.0 Å². The highest BCUT2D eigenvalue weighted by Gasteiger charge is 2.18. The Bertz CT molecular complexity index is 859. The van der Waals surface area contributed by atoms with Crippen molar-refractivity contribution in [2.75, 3.05) is 14.2 Å². The first-order chi connectivity index (χ1) is 14.0. The lowest BCUT2D eigenvalue weighted by Gasteiger charge is -2.19. The van der Waals surface area contributed by atoms with Gasteiger partial charge in [-0.3, -0.25) is 9.67 Å². The maximum Gasteiger partial charge on any atom is 0.191 e. The molecule has 1 fully saturated rings. The molecule has 1 aliphatic carbocycles. The lowest BCUT2D eigenvalue weighted by molar-refractivity contribution is 0.207. The van der Waals surface area contributed by atoms with E-state index in [0.29, 0.717) is 19.2 Å². The Morgan fingerprint density at radius 1 is 1.20 bits per heavy atom. The van der Waals surface area contributed by atoms with E-state index in [4.69, 9.17) is 9.47 Å². The van der Waals surface area contributed by atoms with E-state index in [1.165, 1.54) is 18.4 Å². The fraction of sp³-hybridized carbons (Fsp3) is 0.545. The zero-order chi connectivity index (χ0) is 20.8. The summed E-state index contributed by atoms with van der Waals surface area (Å²) < 4.78 is 13.6. The number of aromatic nitrogens is 2. The maximum absolute atomic E-state index is 6.29. The number of hydrogen-bond donors (Lipinski definition) is 2. The van der Waals surface area contributed by atoms with Gasteiger partial charge in [0.25, 0.3) is 0 Å². The molecule has 7 nitrogen and oxygen atoms in total. The van der Waals surface area contributed by atoms with Gasteiger partial charge in [0.05, 0.1) is 18.9 Å². The molecule has 166 valence electrons. The second-order valence-corrected chi connectivity index (χ2v) is 7.55. The van der Waals surface area contributed by atoms with Gasteiger partial charge in [-0.2, -0.15) is 5.10 Å². The minimum Gasteiger partial charge on any atom is -0.497 e. The maximum atomic E-state index is 6.29. The van der Waals surface area contributed by atoms with Crippen LogP contribution in [-0.2, 0) is 20.1 Å². The van der Waals surface area contributed by atoms with E-state index < -0.39 is 0 Å². The van der Waals surface area contributed by atoms with E-state index in [1.807, 2.05) is 30.8 Å². The quantitative estimate of drug-likeness (QED) is 0.325. The fourth-order valence-corrected chi connectivity index (χ4v) is 3.75. The van der Waals surface area contributed by atoms with E-state index in [9.17, 15) is 0 Å². The van der Waals surface area contributed by atoms with Crippen molar-refractivity contribution in [1.82, 2.24) is 20.4 Å². The number of hydrogen-bond acceptors (Lipinski definition) is 4. The molecule has 1 aromatic heterocycles. The van der Waals surface area contributed by atoms with Crippen molar-refractivity contribution in [1.29, 1.82) is 0 Å². The molecule has 30 heavy (non-hydrogen) atoms. The number of rotatable bonds is 7. The van der Waals surface area contributed by atoms with Crippen LogP contribution in [0.25, 0.3) is 0 Å². The molecule has 0 amide bonds. The molecular formula is C22H34IN5O2. The van der Waals surface area contributed by atoms with Crippen LogP contribution in [0.5, 0.6) is 11.5 Å². The summed E-state index contributed by atoms with van der Waals surface area (Å²) in [5.74, 6) is 2.44. The molecule has 1 aliphatic rings. The monoisotopic (exact) mass is 527 g/mol. The Hall–Kier alpha value is -1.97. The predicted molar refractivity (Wildman–Crippen MR) is 131 cm³/mol. The summed E-state index contributed by atoms with van der Waals surface area (Å²) in [6.45, 7) is 5.41. The molecule has 8 heteroatoms. The molecule has 0 saturated heterocycles. The largest absolute Gasteiger partial charge is 0.497 e. The number of nitrogens with zero attached hydrogens (tertiary/aromatic N) is 3. The van der Waals surface area contributed by atoms with Gasteiger partial charge in [0.2, 0.25) is 0 Å². The van der Waals surface area contributed by atoms with Gasteiger partial charge < -0.3 is 20.1 Å². The van der Waals surface area contributed by atoms with Gasteiger partial charge in [-0.25, -0.2) is 0 Å². The van der Waals surface area contributed by atoms with Gasteiger partial charge >= 0.3 is 0 Å². The van der Waals surface area contributed by atoms with Gasteiger partial charge in [0.1, 0.15) is 11.5 Å². The summed E-state index contributed by atoms with van der Waals surface area (Å²) in [6.07, 6.45) is 5.03. The molecule has 0 unspecified atom stereocenters. The summed E-state index contributed by atoms with van der Waals surface area (Å²) in [4.78, 5) is 4.35. The van der Waals surface area contributed by atoms with E-state index in [1.54, 1.807) is 14.2 Å². The smallest absolute Gasteiger partial charge is 0.191 e. The Morgan fingerprint density at radius 3 is 2.50 bits per heavy atom. The first kappa shape index (κ1) is 24.3. The number of aliphatic imine (C=N–C) groups is 1. The van der Waals surface area contributed by atoms with Gasteiger partial charge in [-0.05, 0) is 51.7 Å². The molecule has 0 bridgehead atoms. The standard InChI is InChI=1S/C22H33N5O2.HI/c1-15-20(16(2)27(4)26-15)14-25-22(23-3)24-13-17-10-11-19(28-5)12-21(17)29-18-8-6-7-9-18;/h10-12,18H,6-9,13-14H2,1-5H3,(H2,23,24,25);1H. The van der Waals surface area contributed by atoms with Crippen molar-refractivity contribution in [2.45, 2.75) is 58.7 Å². The zero-order valence-corrected chi connectivity index (χ0v) is 20.9. The van der Waals surface area contributed by atoms with Crippen LogP contribution in [0.15, 0.2) is 23.2 Å². The highest BCUT2D eigenvalue weighted by molar-refractivity contribution is 14.0. The van der Waals surface area contributed by atoms with E-state index >= 15 is 0 Å². The molecule has 0 aliphatic heterocycles. The number of aryl methyl sites for hydroxylation is 2. The second kappa shape index (κ2) is 11.4. The van der Waals surface area contributed by atoms with Crippen molar-refractivity contribution in [3.8, 4) is 11.5 Å². The molecular weight excluding hydrogens is 493 g/mol. The number of benzene rings is 1. The van der Waals surface area contributed by atoms with Crippen molar-refractivity contribution in [3.63, 3.8) is 0 Å². The van der Waals surface area contributed by atoms with Gasteiger partial charge in [-0.1, -0.05) is 0 Å². The molecule has 3 rings (SSSR count). The summed E-state index contributed by atoms with van der Waals surface area (Å²) in [5, 5.41) is 11.3. The third-order valence-corrected chi connectivity index (χ3v) is 5.63. The van der Waals surface area contributed by atoms with Crippen LogP contribution in [0, 0.1) is 13.8 Å². The minimum atomic E-state index is 0. The minimum absolute atomic E-state index is 0. The third-order valence-electron chi connectivity index (χ3n) is 5.63. The van der Waals surface area contributed by atoms with Gasteiger partial charge in [0, 0.05) is 50.1 Å². The molecule has 1 aromatic carbocycles. The summed E-state index contributed by atoms with van der Waals surface area (Å²) in [5.41, 5.74) is 4.49. The molecule has 1 heterocycles. The topological polar surface area (TPSA) is 72.7 Å². The number of guanidine groups is 1. The summed E-state index contributed by atoms with van der Waals surface area (Å²) in [7, 11) is 5.43. The lowest BCUT2D eigenvalue weighted by Crippen LogP contribution is -2.36. The van der Waals surface area contributed by atoms with Crippen LogP contribution in [0.2, 0.25) is 0 Å². The van der Waals surface area contributed by atoms with Crippen LogP contribution in [-0.4, -0.2) is 36.0 Å². The highest BCUT2D eigenvalue weighted by Crippen LogP contribution is 2.30. The van der Waals surface area contributed by atoms with E-state index in [2.05, 4.69) is 33.7 Å². The van der Waals surface area contributed by atoms with Crippen LogP contribution in [0.1, 0.15) is 48.2 Å². The van der Waals surface area contributed by atoms with Crippen molar-refractivity contribution in [2.24, 2.45) is 12.0 Å². The molecule has 0 radical (unpaired) electrons. The Labute approximate surface area is 196 Å². The van der Waals surface area contributed by atoms with Gasteiger partial charge in [-0.15, -0.1) is 24.0 Å². The predicted octanol–water partition coefficient (Wildman–Crippen LogP) is 3.85. The first-order valence-electron chi connectivity index (χ1n) is 10.3. The Morgan fingerprint density at radius 2 is 1.90 bits per heavy atom. The summed E-state index contributed by atoms with van der Waals surface area (Å²) >= 11 is 0. The SMILES string of the molecule is CN=C(NCc1ccc(OC)cc1OC1CCCC1)NCc1c(C)nn(C)c1C.I. The molecule has 2 aromatic rings. The van der Waals surface area contributed by atoms with Gasteiger partial charge in [0.15, 0.2) is 5.96 Å². The average Bonchev–Trinajstić information content (AvgIpc) is 3.31.